The summed E-state index contributed by atoms with van der Waals surface area (Å²) < 4.78 is 6.35. The van der Waals surface area contributed by atoms with Crippen LogP contribution in [0, 0.1) is 10.1 Å². The summed E-state index contributed by atoms with van der Waals surface area (Å²) >= 11 is 0. The molecule has 164 valence electrons. The second-order valence-corrected chi connectivity index (χ2v) is 7.81. The first kappa shape index (κ1) is 23.7. The molecule has 0 bridgehead atoms. The summed E-state index contributed by atoms with van der Waals surface area (Å²) in [6, 6.07) is 7.19. The van der Waals surface area contributed by atoms with E-state index in [-0.39, 0.29) is 17.3 Å². The van der Waals surface area contributed by atoms with Crippen molar-refractivity contribution in [3.63, 3.8) is 0 Å². The lowest BCUT2D eigenvalue weighted by atomic mass is 10.1. The van der Waals surface area contributed by atoms with Gasteiger partial charge in [-0.1, -0.05) is 31.1 Å². The van der Waals surface area contributed by atoms with Crippen molar-refractivity contribution in [1.82, 2.24) is 9.78 Å². The average Bonchev–Trinajstić information content (AvgIpc) is 3.13. The number of carbonyl (C=O) groups excluding carboxylic acids is 2. The van der Waals surface area contributed by atoms with E-state index in [2.05, 4.69) is 11.2 Å². The molecular formula is C23H27N3O5. The predicted octanol–water partition coefficient (Wildman–Crippen LogP) is 5.28. The SMILES string of the molecule is CC(C)=CCC/C(C)=C/C(=O)OC(=O)c1cc(C(C)C)nn1-c1ccc([N+](=O)[O-])cc1. The van der Waals surface area contributed by atoms with Gasteiger partial charge in [-0.2, -0.15) is 5.10 Å². The van der Waals surface area contributed by atoms with Crippen molar-refractivity contribution in [2.24, 2.45) is 0 Å². The molecule has 0 fully saturated rings. The maximum atomic E-state index is 12.7. The summed E-state index contributed by atoms with van der Waals surface area (Å²) in [5.74, 6) is -1.56. The Kier molecular flexibility index (Phi) is 8.01. The number of ether oxygens (including phenoxy) is 1. The van der Waals surface area contributed by atoms with Crippen molar-refractivity contribution in [1.29, 1.82) is 0 Å². The van der Waals surface area contributed by atoms with Crippen molar-refractivity contribution in [2.45, 2.75) is 53.4 Å². The lowest BCUT2D eigenvalue weighted by molar-refractivity contribution is -0.384. The molecule has 0 unspecified atom stereocenters. The average molecular weight is 425 g/mol. The van der Waals surface area contributed by atoms with Crippen molar-refractivity contribution >= 4 is 17.6 Å². The minimum absolute atomic E-state index is 0.0266. The van der Waals surface area contributed by atoms with E-state index >= 15 is 0 Å². The molecule has 0 aliphatic rings. The van der Waals surface area contributed by atoms with Gasteiger partial charge in [0, 0.05) is 18.2 Å². The summed E-state index contributed by atoms with van der Waals surface area (Å²) in [6.07, 6.45) is 4.87. The van der Waals surface area contributed by atoms with Crippen LogP contribution in [0.5, 0.6) is 0 Å². The number of benzene rings is 1. The number of rotatable bonds is 8. The van der Waals surface area contributed by atoms with Gasteiger partial charge in [-0.05, 0) is 57.7 Å². The number of hydrogen-bond donors (Lipinski definition) is 0. The summed E-state index contributed by atoms with van der Waals surface area (Å²) in [7, 11) is 0. The number of allylic oxidation sites excluding steroid dienone is 3. The largest absolute Gasteiger partial charge is 0.385 e. The zero-order chi connectivity index (χ0) is 23.1. The van der Waals surface area contributed by atoms with E-state index in [1.807, 2.05) is 34.6 Å². The van der Waals surface area contributed by atoms with Crippen LogP contribution in [-0.4, -0.2) is 26.6 Å². The molecule has 0 atom stereocenters. The van der Waals surface area contributed by atoms with Gasteiger partial charge in [-0.25, -0.2) is 14.3 Å². The zero-order valence-corrected chi connectivity index (χ0v) is 18.4. The summed E-state index contributed by atoms with van der Waals surface area (Å²) in [4.78, 5) is 35.3. The second-order valence-electron chi connectivity index (χ2n) is 7.81. The lowest BCUT2D eigenvalue weighted by Gasteiger charge is -2.06. The molecule has 1 heterocycles. The van der Waals surface area contributed by atoms with E-state index in [1.54, 1.807) is 6.07 Å². The molecule has 0 radical (unpaired) electrons. The molecule has 0 spiro atoms. The third-order valence-electron chi connectivity index (χ3n) is 4.48. The number of hydrogen-bond acceptors (Lipinski definition) is 6. The van der Waals surface area contributed by atoms with Gasteiger partial charge < -0.3 is 4.74 Å². The number of aromatic nitrogens is 2. The molecule has 8 nitrogen and oxygen atoms in total. The molecule has 1 aromatic carbocycles. The van der Waals surface area contributed by atoms with Crippen molar-refractivity contribution < 1.29 is 19.2 Å². The van der Waals surface area contributed by atoms with E-state index in [0.29, 0.717) is 17.8 Å². The van der Waals surface area contributed by atoms with Gasteiger partial charge in [0.2, 0.25) is 0 Å². The number of nitro benzene ring substituents is 1. The third-order valence-corrected chi connectivity index (χ3v) is 4.48. The molecule has 31 heavy (non-hydrogen) atoms. The Morgan fingerprint density at radius 2 is 1.84 bits per heavy atom. The highest BCUT2D eigenvalue weighted by Gasteiger charge is 2.22. The lowest BCUT2D eigenvalue weighted by Crippen LogP contribution is -2.15. The van der Waals surface area contributed by atoms with E-state index in [4.69, 9.17) is 4.74 Å². The van der Waals surface area contributed by atoms with Crippen LogP contribution in [0.2, 0.25) is 0 Å². The van der Waals surface area contributed by atoms with Crippen LogP contribution in [0.3, 0.4) is 0 Å². The number of esters is 2. The molecule has 1 aromatic heterocycles. The highest BCUT2D eigenvalue weighted by atomic mass is 16.6. The molecule has 0 aliphatic carbocycles. The van der Waals surface area contributed by atoms with Crippen LogP contribution in [0.15, 0.2) is 53.6 Å². The normalized spacial score (nSPS) is 11.4. The fraction of sp³-hybridized carbons (Fsp3) is 0.348. The van der Waals surface area contributed by atoms with E-state index in [1.165, 1.54) is 40.6 Å². The smallest absolute Gasteiger partial charge is 0.364 e. The van der Waals surface area contributed by atoms with Crippen LogP contribution in [0.4, 0.5) is 5.69 Å². The maximum Gasteiger partial charge on any atom is 0.364 e. The zero-order valence-electron chi connectivity index (χ0n) is 18.4. The molecule has 2 aromatic rings. The van der Waals surface area contributed by atoms with Gasteiger partial charge in [0.05, 0.1) is 16.3 Å². The third kappa shape index (κ3) is 6.74. The van der Waals surface area contributed by atoms with Crippen LogP contribution in [-0.2, 0) is 9.53 Å². The van der Waals surface area contributed by atoms with Gasteiger partial charge in [0.15, 0.2) is 5.69 Å². The monoisotopic (exact) mass is 425 g/mol. The predicted molar refractivity (Wildman–Crippen MR) is 117 cm³/mol. The van der Waals surface area contributed by atoms with Crippen LogP contribution in [0.1, 0.15) is 69.6 Å². The Morgan fingerprint density at radius 3 is 2.39 bits per heavy atom. The molecule has 0 saturated heterocycles. The van der Waals surface area contributed by atoms with Gasteiger partial charge in [-0.15, -0.1) is 0 Å². The highest BCUT2D eigenvalue weighted by molar-refractivity contribution is 5.99. The van der Waals surface area contributed by atoms with E-state index in [9.17, 15) is 19.7 Å². The Hall–Kier alpha value is -3.55. The summed E-state index contributed by atoms with van der Waals surface area (Å²) in [5.41, 5.74) is 3.08. The number of nitrogens with zero attached hydrogens (tertiary/aromatic N) is 3. The van der Waals surface area contributed by atoms with E-state index < -0.39 is 16.9 Å². The fourth-order valence-electron chi connectivity index (χ4n) is 2.77. The van der Waals surface area contributed by atoms with Crippen molar-refractivity contribution in [3.8, 4) is 5.69 Å². The summed E-state index contributed by atoms with van der Waals surface area (Å²) in [5, 5.41) is 15.3. The molecule has 0 amide bonds. The Balaban J connectivity index is 2.24. The Labute approximate surface area is 181 Å². The van der Waals surface area contributed by atoms with Crippen molar-refractivity contribution in [3.05, 3.63) is 75.1 Å². The van der Waals surface area contributed by atoms with Crippen LogP contribution in [0.25, 0.3) is 5.69 Å². The topological polar surface area (TPSA) is 104 Å². The first-order chi connectivity index (χ1) is 14.6. The fourth-order valence-corrected chi connectivity index (χ4v) is 2.77. The molecule has 0 aliphatic heterocycles. The minimum atomic E-state index is -0.837. The summed E-state index contributed by atoms with van der Waals surface area (Å²) in [6.45, 7) is 9.65. The number of nitro groups is 1. The molecule has 0 N–H and O–H groups in total. The first-order valence-electron chi connectivity index (χ1n) is 10.00. The number of non-ortho nitro benzene ring substituents is 1. The Bertz CT molecular complexity index is 1030. The van der Waals surface area contributed by atoms with E-state index in [0.717, 1.165) is 12.0 Å². The van der Waals surface area contributed by atoms with Gasteiger partial charge >= 0.3 is 11.9 Å². The maximum absolute atomic E-state index is 12.7. The highest BCUT2D eigenvalue weighted by Crippen LogP contribution is 2.21. The molecule has 2 rings (SSSR count). The van der Waals surface area contributed by atoms with Crippen LogP contribution >= 0.6 is 0 Å². The first-order valence-corrected chi connectivity index (χ1v) is 10.00. The van der Waals surface area contributed by atoms with Gasteiger partial charge in [-0.3, -0.25) is 10.1 Å². The van der Waals surface area contributed by atoms with Gasteiger partial charge in [0.1, 0.15) is 0 Å². The standard InChI is InChI=1S/C23H27N3O5/c1-15(2)7-6-8-17(5)13-22(27)31-23(28)21-14-20(16(3)4)24-25(21)18-9-11-19(12-10-18)26(29)30/h7,9-14,16H,6,8H2,1-5H3/b17-13+. The Morgan fingerprint density at radius 1 is 1.19 bits per heavy atom. The molecular weight excluding hydrogens is 398 g/mol. The van der Waals surface area contributed by atoms with Gasteiger partial charge in [0.25, 0.3) is 5.69 Å². The molecule has 8 heteroatoms. The minimum Gasteiger partial charge on any atom is -0.385 e. The molecule has 0 saturated carbocycles. The second kappa shape index (κ2) is 10.5. The number of carbonyl (C=O) groups is 2. The quantitative estimate of drug-likeness (QED) is 0.142. The van der Waals surface area contributed by atoms with Crippen LogP contribution < -0.4 is 0 Å². The van der Waals surface area contributed by atoms with Crippen molar-refractivity contribution in [2.75, 3.05) is 0 Å².